The zero-order chi connectivity index (χ0) is 20.8. The van der Waals surface area contributed by atoms with Gasteiger partial charge in [0.15, 0.2) is 11.5 Å². The molecule has 9 heteroatoms. The SMILES string of the molecule is CN(C=O)CCC(O)C#Cc1cc(-c2nc(C(N)=O)c(N)cc2F)ccc1F. The predicted molar refractivity (Wildman–Crippen MR) is 98.7 cm³/mol. The van der Waals surface area contributed by atoms with E-state index >= 15 is 0 Å². The Hall–Kier alpha value is -3.51. The Balaban J connectivity index is 2.35. The van der Waals surface area contributed by atoms with Crippen LogP contribution in [0.25, 0.3) is 11.3 Å². The number of nitrogens with two attached hydrogens (primary N) is 2. The van der Waals surface area contributed by atoms with Gasteiger partial charge in [-0.2, -0.15) is 0 Å². The van der Waals surface area contributed by atoms with Crippen LogP contribution in [0.4, 0.5) is 14.5 Å². The number of rotatable bonds is 6. The van der Waals surface area contributed by atoms with Crippen LogP contribution in [-0.2, 0) is 4.79 Å². The molecule has 0 aliphatic heterocycles. The molecule has 2 aromatic rings. The average molecular weight is 388 g/mol. The van der Waals surface area contributed by atoms with Gasteiger partial charge in [0.05, 0.1) is 11.3 Å². The lowest BCUT2D eigenvalue weighted by Gasteiger charge is -2.10. The molecule has 0 aliphatic carbocycles. The number of aliphatic hydroxyl groups excluding tert-OH is 1. The summed E-state index contributed by atoms with van der Waals surface area (Å²) >= 11 is 0. The number of nitrogens with zero attached hydrogens (tertiary/aromatic N) is 2. The van der Waals surface area contributed by atoms with Gasteiger partial charge in [-0.1, -0.05) is 11.8 Å². The summed E-state index contributed by atoms with van der Waals surface area (Å²) < 4.78 is 28.3. The molecule has 2 rings (SSSR count). The van der Waals surface area contributed by atoms with Gasteiger partial charge in [0.25, 0.3) is 5.91 Å². The van der Waals surface area contributed by atoms with E-state index in [1.807, 2.05) is 0 Å². The fourth-order valence-electron chi connectivity index (χ4n) is 2.28. The number of nitrogen functional groups attached to an aromatic ring is 1. The predicted octanol–water partition coefficient (Wildman–Crippen LogP) is 0.899. The van der Waals surface area contributed by atoms with E-state index in [-0.39, 0.29) is 41.2 Å². The highest BCUT2D eigenvalue weighted by molar-refractivity contribution is 5.96. The van der Waals surface area contributed by atoms with Crippen molar-refractivity contribution in [3.05, 3.63) is 47.2 Å². The maximum atomic E-state index is 14.2. The molecule has 5 N–H and O–H groups in total. The Morgan fingerprint density at radius 1 is 1.36 bits per heavy atom. The lowest BCUT2D eigenvalue weighted by Crippen LogP contribution is -2.21. The number of aromatic nitrogens is 1. The molecule has 0 saturated carbocycles. The lowest BCUT2D eigenvalue weighted by atomic mass is 10.1. The number of halogens is 2. The molecule has 1 atom stereocenters. The van der Waals surface area contributed by atoms with Gasteiger partial charge in [-0.05, 0) is 18.2 Å². The highest BCUT2D eigenvalue weighted by Gasteiger charge is 2.16. The Morgan fingerprint density at radius 2 is 2.07 bits per heavy atom. The summed E-state index contributed by atoms with van der Waals surface area (Å²) in [6, 6.07) is 4.47. The van der Waals surface area contributed by atoms with E-state index in [2.05, 4.69) is 16.8 Å². The number of aliphatic hydroxyl groups is 1. The van der Waals surface area contributed by atoms with Gasteiger partial charge in [-0.15, -0.1) is 0 Å². The number of primary amides is 1. The van der Waals surface area contributed by atoms with Crippen LogP contribution in [0.15, 0.2) is 24.3 Å². The fourth-order valence-corrected chi connectivity index (χ4v) is 2.28. The molecule has 28 heavy (non-hydrogen) atoms. The maximum Gasteiger partial charge on any atom is 0.269 e. The van der Waals surface area contributed by atoms with Crippen molar-refractivity contribution in [3.8, 4) is 23.1 Å². The molecule has 1 aromatic heterocycles. The summed E-state index contributed by atoms with van der Waals surface area (Å²) in [4.78, 5) is 27.0. The van der Waals surface area contributed by atoms with Crippen LogP contribution in [0.5, 0.6) is 0 Å². The largest absolute Gasteiger partial charge is 0.397 e. The number of pyridine rings is 1. The average Bonchev–Trinajstić information content (AvgIpc) is 2.65. The van der Waals surface area contributed by atoms with Gasteiger partial charge < -0.3 is 21.5 Å². The van der Waals surface area contributed by atoms with Crippen molar-refractivity contribution < 1.29 is 23.5 Å². The third kappa shape index (κ3) is 5.02. The van der Waals surface area contributed by atoms with Crippen molar-refractivity contribution in [2.45, 2.75) is 12.5 Å². The molecule has 0 spiro atoms. The van der Waals surface area contributed by atoms with Crippen molar-refractivity contribution in [1.82, 2.24) is 9.88 Å². The zero-order valence-electron chi connectivity index (χ0n) is 14.9. The summed E-state index contributed by atoms with van der Waals surface area (Å²) in [7, 11) is 1.55. The molecule has 2 amide bonds. The molecule has 0 aliphatic rings. The van der Waals surface area contributed by atoms with Gasteiger partial charge in [-0.25, -0.2) is 13.8 Å². The van der Waals surface area contributed by atoms with E-state index in [1.165, 1.54) is 17.0 Å². The van der Waals surface area contributed by atoms with Crippen LogP contribution in [0, 0.1) is 23.5 Å². The Kier molecular flexibility index (Phi) is 6.63. The van der Waals surface area contributed by atoms with Gasteiger partial charge >= 0.3 is 0 Å². The smallest absolute Gasteiger partial charge is 0.269 e. The van der Waals surface area contributed by atoms with Crippen LogP contribution in [0.1, 0.15) is 22.5 Å². The third-order valence-corrected chi connectivity index (χ3v) is 3.79. The van der Waals surface area contributed by atoms with Crippen molar-refractivity contribution >= 4 is 18.0 Å². The topological polar surface area (TPSA) is 123 Å². The van der Waals surface area contributed by atoms with E-state index in [0.717, 1.165) is 12.1 Å². The first-order valence-corrected chi connectivity index (χ1v) is 8.13. The number of carbonyl (C=O) groups excluding carboxylic acids is 2. The minimum Gasteiger partial charge on any atom is -0.397 e. The van der Waals surface area contributed by atoms with Gasteiger partial charge in [0.2, 0.25) is 6.41 Å². The summed E-state index contributed by atoms with van der Waals surface area (Å²) in [6.07, 6.45) is -0.296. The Bertz CT molecular complexity index is 970. The van der Waals surface area contributed by atoms with Crippen molar-refractivity contribution in [1.29, 1.82) is 0 Å². The molecule has 0 radical (unpaired) electrons. The third-order valence-electron chi connectivity index (χ3n) is 3.79. The standard InChI is InChI=1S/C19H18F2N4O3/c1-25(10-26)7-6-13(27)4-2-11-8-12(3-5-14(11)20)17-15(21)9-16(22)18(24-17)19(23)28/h3,5,8-10,13,27H,6-7,22H2,1H3,(H2,23,28). The van der Waals surface area contributed by atoms with Crippen LogP contribution in [0.3, 0.4) is 0 Å². The molecular weight excluding hydrogens is 370 g/mol. The molecule has 7 nitrogen and oxygen atoms in total. The first kappa shape index (κ1) is 20.8. The molecular formula is C19H18F2N4O3. The fraction of sp³-hybridized carbons (Fsp3) is 0.211. The summed E-state index contributed by atoms with van der Waals surface area (Å²) in [5, 5.41) is 9.83. The Labute approximate surface area is 160 Å². The number of anilines is 1. The number of hydrogen-bond acceptors (Lipinski definition) is 5. The molecule has 146 valence electrons. The number of carbonyl (C=O) groups is 2. The quantitative estimate of drug-likeness (QED) is 0.501. The summed E-state index contributed by atoms with van der Waals surface area (Å²) in [5.41, 5.74) is 10.00. The highest BCUT2D eigenvalue weighted by atomic mass is 19.1. The first-order valence-electron chi connectivity index (χ1n) is 8.13. The summed E-state index contributed by atoms with van der Waals surface area (Å²) in [5.74, 6) is 2.53. The van der Waals surface area contributed by atoms with Crippen molar-refractivity contribution in [2.24, 2.45) is 5.73 Å². The van der Waals surface area contributed by atoms with Crippen LogP contribution >= 0.6 is 0 Å². The second-order valence-electron chi connectivity index (χ2n) is 5.98. The molecule has 0 bridgehead atoms. The molecule has 1 unspecified atom stereocenters. The normalized spacial score (nSPS) is 11.3. The summed E-state index contributed by atoms with van der Waals surface area (Å²) in [6.45, 7) is 0.276. The van der Waals surface area contributed by atoms with Crippen LogP contribution < -0.4 is 11.5 Å². The minimum atomic E-state index is -1.08. The van der Waals surface area contributed by atoms with Gasteiger partial charge in [-0.3, -0.25) is 9.59 Å². The molecule has 0 saturated heterocycles. The van der Waals surface area contributed by atoms with Crippen molar-refractivity contribution in [3.63, 3.8) is 0 Å². The molecule has 1 heterocycles. The van der Waals surface area contributed by atoms with E-state index < -0.39 is 23.6 Å². The number of hydrogen-bond donors (Lipinski definition) is 3. The second-order valence-corrected chi connectivity index (χ2v) is 5.98. The van der Waals surface area contributed by atoms with Gasteiger partial charge in [0.1, 0.15) is 17.6 Å². The Morgan fingerprint density at radius 3 is 2.71 bits per heavy atom. The monoisotopic (exact) mass is 388 g/mol. The number of amides is 2. The van der Waals surface area contributed by atoms with Crippen LogP contribution in [-0.4, -0.2) is 47.0 Å². The lowest BCUT2D eigenvalue weighted by molar-refractivity contribution is -0.117. The van der Waals surface area contributed by atoms with E-state index in [0.29, 0.717) is 6.41 Å². The maximum absolute atomic E-state index is 14.2. The highest BCUT2D eigenvalue weighted by Crippen LogP contribution is 2.25. The molecule has 0 fully saturated rings. The number of benzene rings is 1. The first-order chi connectivity index (χ1) is 13.2. The second kappa shape index (κ2) is 8.92. The minimum absolute atomic E-state index is 0.0982. The van der Waals surface area contributed by atoms with Crippen molar-refractivity contribution in [2.75, 3.05) is 19.3 Å². The van der Waals surface area contributed by atoms with E-state index in [4.69, 9.17) is 11.5 Å². The zero-order valence-corrected chi connectivity index (χ0v) is 14.9. The van der Waals surface area contributed by atoms with E-state index in [1.54, 1.807) is 7.05 Å². The van der Waals surface area contributed by atoms with Crippen LogP contribution in [0.2, 0.25) is 0 Å². The van der Waals surface area contributed by atoms with Gasteiger partial charge in [0, 0.05) is 31.6 Å². The van der Waals surface area contributed by atoms with E-state index in [9.17, 15) is 23.5 Å². The molecule has 1 aromatic carbocycles.